The van der Waals surface area contributed by atoms with Crippen LogP contribution in [0, 0.1) is 5.21 Å². The molecule has 0 aliphatic rings. The van der Waals surface area contributed by atoms with E-state index in [9.17, 15) is 10.3 Å². The molecule has 0 spiro atoms. The Morgan fingerprint density at radius 1 is 1.19 bits per heavy atom. The molecule has 2 rings (SSSR count). The van der Waals surface area contributed by atoms with Crippen molar-refractivity contribution in [2.75, 3.05) is 0 Å². The van der Waals surface area contributed by atoms with E-state index in [4.69, 9.17) is 11.6 Å². The van der Waals surface area contributed by atoms with Gasteiger partial charge in [0.25, 0.3) is 0 Å². The smallest absolute Gasteiger partial charge is 0.229 e. The summed E-state index contributed by atoms with van der Waals surface area (Å²) in [4.78, 5) is 0. The van der Waals surface area contributed by atoms with Gasteiger partial charge in [0.15, 0.2) is 6.20 Å². The van der Waals surface area contributed by atoms with E-state index >= 15 is 0 Å². The molecule has 0 aliphatic heterocycles. The Morgan fingerprint density at radius 2 is 1.88 bits per heavy atom. The molecule has 0 radical (unpaired) electrons. The van der Waals surface area contributed by atoms with Gasteiger partial charge in [0.05, 0.1) is 12.2 Å². The Labute approximate surface area is 98.1 Å². The van der Waals surface area contributed by atoms with Gasteiger partial charge in [-0.3, -0.25) is 0 Å². The lowest BCUT2D eigenvalue weighted by Gasteiger charge is -2.08. The van der Waals surface area contributed by atoms with Gasteiger partial charge in [-0.15, -0.1) is 0 Å². The zero-order valence-corrected chi connectivity index (χ0v) is 9.19. The van der Waals surface area contributed by atoms with Crippen LogP contribution < -0.4 is 4.73 Å². The first-order valence-electron chi connectivity index (χ1n) is 4.80. The second-order valence-corrected chi connectivity index (χ2v) is 3.81. The van der Waals surface area contributed by atoms with E-state index in [1.807, 2.05) is 0 Å². The Balaban J connectivity index is 2.58. The van der Waals surface area contributed by atoms with Crippen LogP contribution in [0.1, 0.15) is 5.56 Å². The Kier molecular flexibility index (Phi) is 3.08. The monoisotopic (exact) mass is 235 g/mol. The van der Waals surface area contributed by atoms with Gasteiger partial charge < -0.3 is 10.3 Å². The summed E-state index contributed by atoms with van der Waals surface area (Å²) in [6, 6.07) is 10.3. The van der Waals surface area contributed by atoms with Crippen molar-refractivity contribution in [1.29, 1.82) is 0 Å². The highest BCUT2D eigenvalue weighted by molar-refractivity contribution is 6.30. The van der Waals surface area contributed by atoms with Gasteiger partial charge in [0.2, 0.25) is 5.69 Å². The van der Waals surface area contributed by atoms with Crippen LogP contribution in [-0.2, 0) is 6.61 Å². The summed E-state index contributed by atoms with van der Waals surface area (Å²) in [6.07, 6.45) is 1.41. The molecule has 3 nitrogen and oxygen atoms in total. The summed E-state index contributed by atoms with van der Waals surface area (Å²) >= 11 is 5.78. The highest BCUT2D eigenvalue weighted by Gasteiger charge is 2.13. The molecule has 82 valence electrons. The molecule has 16 heavy (non-hydrogen) atoms. The first kappa shape index (κ1) is 10.9. The third kappa shape index (κ3) is 2.01. The van der Waals surface area contributed by atoms with E-state index in [-0.39, 0.29) is 6.61 Å². The fourth-order valence-electron chi connectivity index (χ4n) is 1.58. The van der Waals surface area contributed by atoms with Crippen molar-refractivity contribution in [3.8, 4) is 11.3 Å². The molecule has 0 unspecified atom stereocenters. The molecule has 0 saturated carbocycles. The molecule has 1 aromatic heterocycles. The highest BCUT2D eigenvalue weighted by atomic mass is 35.5. The predicted molar refractivity (Wildman–Crippen MR) is 61.8 cm³/mol. The number of hydrogen-bond acceptors (Lipinski definition) is 2. The van der Waals surface area contributed by atoms with Crippen LogP contribution in [0.25, 0.3) is 11.3 Å². The maximum Gasteiger partial charge on any atom is 0.229 e. The third-order valence-corrected chi connectivity index (χ3v) is 2.58. The highest BCUT2D eigenvalue weighted by Crippen LogP contribution is 2.21. The topological polar surface area (TPSA) is 47.2 Å². The van der Waals surface area contributed by atoms with Crippen molar-refractivity contribution in [2.24, 2.45) is 0 Å². The molecular weight excluding hydrogens is 226 g/mol. The molecule has 0 atom stereocenters. The number of hydrogen-bond donors (Lipinski definition) is 1. The summed E-state index contributed by atoms with van der Waals surface area (Å²) in [5, 5.41) is 21.5. The minimum atomic E-state index is -0.166. The summed E-state index contributed by atoms with van der Waals surface area (Å²) in [5.41, 5.74) is 1.80. The minimum absolute atomic E-state index is 0.166. The van der Waals surface area contributed by atoms with Crippen LogP contribution in [0.3, 0.4) is 0 Å². The first-order chi connectivity index (χ1) is 7.72. The zero-order valence-electron chi connectivity index (χ0n) is 8.43. The molecule has 0 aliphatic carbocycles. The maximum absolute atomic E-state index is 11.7. The number of aliphatic hydroxyl groups is 1. The zero-order chi connectivity index (χ0) is 11.5. The van der Waals surface area contributed by atoms with Gasteiger partial charge in [-0.05, 0) is 30.3 Å². The predicted octanol–water partition coefficient (Wildman–Crippen LogP) is 2.13. The normalized spacial score (nSPS) is 10.4. The molecule has 0 amide bonds. The number of rotatable bonds is 2. The van der Waals surface area contributed by atoms with Gasteiger partial charge in [-0.1, -0.05) is 11.6 Å². The molecule has 0 saturated heterocycles. The number of pyridine rings is 1. The van der Waals surface area contributed by atoms with E-state index in [0.717, 1.165) is 10.3 Å². The molecule has 1 N–H and O–H groups in total. The van der Waals surface area contributed by atoms with E-state index in [2.05, 4.69) is 0 Å². The van der Waals surface area contributed by atoms with Crippen molar-refractivity contribution >= 4 is 11.6 Å². The van der Waals surface area contributed by atoms with E-state index < -0.39 is 0 Å². The van der Waals surface area contributed by atoms with Gasteiger partial charge in [-0.25, -0.2) is 0 Å². The molecule has 4 heteroatoms. The van der Waals surface area contributed by atoms with E-state index in [0.29, 0.717) is 16.3 Å². The van der Waals surface area contributed by atoms with Crippen molar-refractivity contribution in [2.45, 2.75) is 6.61 Å². The molecule has 0 bridgehead atoms. The van der Waals surface area contributed by atoms with Crippen LogP contribution in [-0.4, -0.2) is 5.11 Å². The van der Waals surface area contributed by atoms with E-state index in [1.54, 1.807) is 36.4 Å². The molecule has 0 fully saturated rings. The molecule has 1 heterocycles. The maximum atomic E-state index is 11.7. The summed E-state index contributed by atoms with van der Waals surface area (Å²) in [5.74, 6) is 0. The molecule has 1 aromatic carbocycles. The lowest BCUT2D eigenvalue weighted by atomic mass is 10.1. The fourth-order valence-corrected chi connectivity index (χ4v) is 1.71. The van der Waals surface area contributed by atoms with Gasteiger partial charge in [0, 0.05) is 16.7 Å². The van der Waals surface area contributed by atoms with Gasteiger partial charge in [-0.2, -0.15) is 4.73 Å². The second kappa shape index (κ2) is 4.51. The quantitative estimate of drug-likeness (QED) is 0.640. The third-order valence-electron chi connectivity index (χ3n) is 2.33. The summed E-state index contributed by atoms with van der Waals surface area (Å²) in [7, 11) is 0. The van der Waals surface area contributed by atoms with Crippen molar-refractivity contribution in [1.82, 2.24) is 0 Å². The van der Waals surface area contributed by atoms with Gasteiger partial charge in [0.1, 0.15) is 0 Å². The Morgan fingerprint density at radius 3 is 2.50 bits per heavy atom. The SMILES string of the molecule is [O-][n+]1cccc(CO)c1-c1ccc(Cl)cc1. The number of halogens is 1. The second-order valence-electron chi connectivity index (χ2n) is 3.37. The van der Waals surface area contributed by atoms with E-state index in [1.165, 1.54) is 6.20 Å². The lowest BCUT2D eigenvalue weighted by Crippen LogP contribution is -2.29. The number of benzene rings is 1. The summed E-state index contributed by atoms with van der Waals surface area (Å²) < 4.78 is 0.745. The number of aromatic nitrogens is 1. The van der Waals surface area contributed by atoms with Crippen LogP contribution >= 0.6 is 11.6 Å². The van der Waals surface area contributed by atoms with Gasteiger partial charge >= 0.3 is 0 Å². The van der Waals surface area contributed by atoms with Crippen LogP contribution in [0.5, 0.6) is 0 Å². The van der Waals surface area contributed by atoms with Crippen LogP contribution in [0.15, 0.2) is 42.6 Å². The molecule has 2 aromatic rings. The number of aliphatic hydroxyl groups excluding tert-OH is 1. The molecular formula is C12H10ClNO2. The minimum Gasteiger partial charge on any atom is -0.618 e. The lowest BCUT2D eigenvalue weighted by molar-refractivity contribution is -0.594. The average Bonchev–Trinajstić information content (AvgIpc) is 2.30. The average molecular weight is 236 g/mol. The van der Waals surface area contributed by atoms with Crippen molar-refractivity contribution in [3.05, 3.63) is 58.4 Å². The van der Waals surface area contributed by atoms with Crippen LogP contribution in [0.4, 0.5) is 0 Å². The fraction of sp³-hybridized carbons (Fsp3) is 0.0833. The summed E-state index contributed by atoms with van der Waals surface area (Å²) in [6.45, 7) is -0.166. The number of nitrogens with zero attached hydrogens (tertiary/aromatic N) is 1. The Bertz CT molecular complexity index is 497. The largest absolute Gasteiger partial charge is 0.618 e. The van der Waals surface area contributed by atoms with Crippen molar-refractivity contribution in [3.63, 3.8) is 0 Å². The Hall–Kier alpha value is -1.58. The van der Waals surface area contributed by atoms with Crippen molar-refractivity contribution < 1.29 is 9.84 Å². The van der Waals surface area contributed by atoms with Crippen LogP contribution in [0.2, 0.25) is 5.02 Å². The first-order valence-corrected chi connectivity index (χ1v) is 5.18. The standard InChI is InChI=1S/C12H10ClNO2/c13-11-5-3-9(4-6-11)12-10(8-15)2-1-7-14(12)16/h1-7,15H,8H2.